The van der Waals surface area contributed by atoms with Crippen LogP contribution in [0.1, 0.15) is 30.7 Å². The van der Waals surface area contributed by atoms with Crippen LogP contribution in [0.4, 0.5) is 11.5 Å². The van der Waals surface area contributed by atoms with E-state index in [1.807, 2.05) is 26.0 Å². The Bertz CT molecular complexity index is 710. The summed E-state index contributed by atoms with van der Waals surface area (Å²) < 4.78 is 0.817. The first-order valence-electron chi connectivity index (χ1n) is 6.61. The van der Waals surface area contributed by atoms with Crippen LogP contribution in [0.25, 0.3) is 0 Å². The zero-order chi connectivity index (χ0) is 15.4. The van der Waals surface area contributed by atoms with Gasteiger partial charge in [0.15, 0.2) is 5.82 Å². The van der Waals surface area contributed by atoms with E-state index in [1.165, 1.54) is 0 Å². The zero-order valence-electron chi connectivity index (χ0n) is 11.7. The molecule has 0 atom stereocenters. The van der Waals surface area contributed by atoms with Gasteiger partial charge in [-0.25, -0.2) is 0 Å². The number of anilines is 2. The van der Waals surface area contributed by atoms with E-state index in [2.05, 4.69) is 37.5 Å². The van der Waals surface area contributed by atoms with E-state index in [9.17, 15) is 5.26 Å². The van der Waals surface area contributed by atoms with Gasteiger partial charge in [-0.2, -0.15) is 10.4 Å². The van der Waals surface area contributed by atoms with Crippen LogP contribution in [0.5, 0.6) is 0 Å². The molecular weight excluding hydrogens is 352 g/mol. The topological polar surface area (TPSA) is 61.6 Å². The molecule has 1 aromatic heterocycles. The van der Waals surface area contributed by atoms with Crippen LogP contribution in [0.3, 0.4) is 0 Å². The molecule has 0 aliphatic heterocycles. The average molecular weight is 366 g/mol. The van der Waals surface area contributed by atoms with E-state index in [4.69, 9.17) is 11.6 Å². The molecule has 108 valence electrons. The quantitative estimate of drug-likeness (QED) is 0.858. The number of rotatable bonds is 4. The Kier molecular flexibility index (Phi) is 5.16. The molecule has 1 N–H and O–H groups in total. The lowest BCUT2D eigenvalue weighted by molar-refractivity contribution is 0.877. The van der Waals surface area contributed by atoms with Gasteiger partial charge in [0, 0.05) is 10.2 Å². The maximum Gasteiger partial charge on any atom is 0.171 e. The van der Waals surface area contributed by atoms with Crippen molar-refractivity contribution in [2.45, 2.75) is 26.7 Å². The SMILES string of the molecule is CCc1nnc(Nc2ccc(Br)c(Cl)c2)c(C#N)c1CC. The van der Waals surface area contributed by atoms with Crippen molar-refractivity contribution < 1.29 is 0 Å². The van der Waals surface area contributed by atoms with Crippen molar-refractivity contribution in [3.05, 3.63) is 44.5 Å². The highest BCUT2D eigenvalue weighted by Gasteiger charge is 2.14. The fourth-order valence-corrected chi connectivity index (χ4v) is 2.52. The predicted octanol–water partition coefficient (Wildman–Crippen LogP) is 4.63. The Morgan fingerprint density at radius 3 is 2.62 bits per heavy atom. The maximum atomic E-state index is 9.44. The molecule has 0 radical (unpaired) electrons. The van der Waals surface area contributed by atoms with E-state index >= 15 is 0 Å². The molecule has 0 spiro atoms. The summed E-state index contributed by atoms with van der Waals surface area (Å²) in [6, 6.07) is 7.70. The fourth-order valence-electron chi connectivity index (χ4n) is 2.09. The highest BCUT2D eigenvalue weighted by atomic mass is 79.9. The van der Waals surface area contributed by atoms with Crippen molar-refractivity contribution in [1.82, 2.24) is 10.2 Å². The maximum absolute atomic E-state index is 9.44. The Morgan fingerprint density at radius 1 is 1.29 bits per heavy atom. The Labute approximate surface area is 137 Å². The first-order chi connectivity index (χ1) is 10.1. The third-order valence-electron chi connectivity index (χ3n) is 3.14. The van der Waals surface area contributed by atoms with E-state index in [-0.39, 0.29) is 0 Å². The number of nitrogens with zero attached hydrogens (tertiary/aromatic N) is 3. The van der Waals surface area contributed by atoms with Gasteiger partial charge in [-0.3, -0.25) is 0 Å². The van der Waals surface area contributed by atoms with E-state index < -0.39 is 0 Å². The van der Waals surface area contributed by atoms with Crippen molar-refractivity contribution >= 4 is 39.0 Å². The van der Waals surface area contributed by atoms with Crippen molar-refractivity contribution in [2.24, 2.45) is 0 Å². The second-order valence-electron chi connectivity index (χ2n) is 4.42. The van der Waals surface area contributed by atoms with Crippen molar-refractivity contribution in [3.63, 3.8) is 0 Å². The first-order valence-corrected chi connectivity index (χ1v) is 7.78. The number of nitriles is 1. The first kappa shape index (κ1) is 15.7. The molecule has 0 bridgehead atoms. The Hall–Kier alpha value is -1.64. The van der Waals surface area contributed by atoms with Crippen molar-refractivity contribution in [3.8, 4) is 6.07 Å². The zero-order valence-corrected chi connectivity index (χ0v) is 14.1. The number of benzene rings is 1. The average Bonchev–Trinajstić information content (AvgIpc) is 2.50. The fraction of sp³-hybridized carbons (Fsp3) is 0.267. The molecule has 0 saturated heterocycles. The van der Waals surface area contributed by atoms with Crippen LogP contribution >= 0.6 is 27.5 Å². The molecule has 0 unspecified atom stereocenters. The summed E-state index contributed by atoms with van der Waals surface area (Å²) in [4.78, 5) is 0. The van der Waals surface area contributed by atoms with Gasteiger partial charge in [0.1, 0.15) is 11.6 Å². The second-order valence-corrected chi connectivity index (χ2v) is 5.68. The van der Waals surface area contributed by atoms with Crippen LogP contribution in [-0.4, -0.2) is 10.2 Å². The van der Waals surface area contributed by atoms with Gasteiger partial charge < -0.3 is 5.32 Å². The summed E-state index contributed by atoms with van der Waals surface area (Å²) in [5.74, 6) is 0.463. The summed E-state index contributed by atoms with van der Waals surface area (Å²) in [6.45, 7) is 4.02. The van der Waals surface area contributed by atoms with Crippen LogP contribution in [-0.2, 0) is 12.8 Å². The largest absolute Gasteiger partial charge is 0.338 e. The number of nitrogens with one attached hydrogen (secondary N) is 1. The van der Waals surface area contributed by atoms with Crippen LogP contribution in [0, 0.1) is 11.3 Å². The minimum Gasteiger partial charge on any atom is -0.338 e. The number of aryl methyl sites for hydroxylation is 1. The molecule has 0 fully saturated rings. The number of hydrogen-bond acceptors (Lipinski definition) is 4. The minimum absolute atomic E-state index is 0.463. The highest BCUT2D eigenvalue weighted by molar-refractivity contribution is 9.10. The molecule has 6 heteroatoms. The lowest BCUT2D eigenvalue weighted by atomic mass is 10.0. The van der Waals surface area contributed by atoms with Crippen molar-refractivity contribution in [1.29, 1.82) is 5.26 Å². The van der Waals surface area contributed by atoms with Crippen molar-refractivity contribution in [2.75, 3.05) is 5.32 Å². The molecule has 1 heterocycles. The summed E-state index contributed by atoms with van der Waals surface area (Å²) in [5.41, 5.74) is 3.12. The van der Waals surface area contributed by atoms with Gasteiger partial charge in [-0.1, -0.05) is 25.4 Å². The Morgan fingerprint density at radius 2 is 2.05 bits per heavy atom. The van der Waals surface area contributed by atoms with Gasteiger partial charge in [-0.15, -0.1) is 5.10 Å². The summed E-state index contributed by atoms with van der Waals surface area (Å²) in [5, 5.41) is 21.5. The van der Waals surface area contributed by atoms with E-state index in [0.29, 0.717) is 16.4 Å². The molecule has 2 rings (SSSR count). The summed E-state index contributed by atoms with van der Waals surface area (Å²) in [7, 11) is 0. The summed E-state index contributed by atoms with van der Waals surface area (Å²) in [6.07, 6.45) is 1.51. The monoisotopic (exact) mass is 364 g/mol. The summed E-state index contributed by atoms with van der Waals surface area (Å²) >= 11 is 9.42. The van der Waals surface area contributed by atoms with Crippen LogP contribution in [0.2, 0.25) is 5.02 Å². The lowest BCUT2D eigenvalue weighted by Gasteiger charge is -2.12. The third-order valence-corrected chi connectivity index (χ3v) is 4.37. The van der Waals surface area contributed by atoms with Crippen LogP contribution in [0.15, 0.2) is 22.7 Å². The van der Waals surface area contributed by atoms with Gasteiger partial charge in [0.2, 0.25) is 0 Å². The smallest absolute Gasteiger partial charge is 0.171 e. The molecular formula is C15H14BrClN4. The third kappa shape index (κ3) is 3.34. The van der Waals surface area contributed by atoms with Gasteiger partial charge >= 0.3 is 0 Å². The van der Waals surface area contributed by atoms with Crippen LogP contribution < -0.4 is 5.32 Å². The molecule has 4 nitrogen and oxygen atoms in total. The number of halogens is 2. The minimum atomic E-state index is 0.463. The molecule has 21 heavy (non-hydrogen) atoms. The lowest BCUT2D eigenvalue weighted by Crippen LogP contribution is -2.07. The number of aromatic nitrogens is 2. The number of hydrogen-bond donors (Lipinski definition) is 1. The van der Waals surface area contributed by atoms with Gasteiger partial charge in [-0.05, 0) is 52.5 Å². The van der Waals surface area contributed by atoms with Gasteiger partial charge in [0.05, 0.1) is 10.7 Å². The van der Waals surface area contributed by atoms with E-state index in [1.54, 1.807) is 6.07 Å². The second kappa shape index (κ2) is 6.88. The molecule has 0 aliphatic rings. The Balaban J connectivity index is 2.44. The predicted molar refractivity (Wildman–Crippen MR) is 87.9 cm³/mol. The molecule has 0 amide bonds. The molecule has 1 aromatic carbocycles. The molecule has 0 aliphatic carbocycles. The molecule has 0 saturated carbocycles. The molecule has 2 aromatic rings. The standard InChI is InChI=1S/C15H14BrClN4/c1-3-10-11(8-18)15(21-20-14(10)4-2)19-9-5-6-12(16)13(17)7-9/h5-7H,3-4H2,1-2H3,(H,19,21). The van der Waals surface area contributed by atoms with E-state index in [0.717, 1.165) is 34.3 Å². The van der Waals surface area contributed by atoms with Gasteiger partial charge in [0.25, 0.3) is 0 Å². The highest BCUT2D eigenvalue weighted by Crippen LogP contribution is 2.28. The normalized spacial score (nSPS) is 10.2.